The minimum Gasteiger partial charge on any atom is -0.208 e. The topological polar surface area (TPSA) is 38.7 Å². The molecule has 0 saturated heterocycles. The summed E-state index contributed by atoms with van der Waals surface area (Å²) in [6, 6.07) is 71.9. The Hall–Kier alpha value is -7.23. The lowest BCUT2D eigenvalue weighted by Gasteiger charge is -2.46. The van der Waals surface area contributed by atoms with E-state index in [9.17, 15) is 0 Å². The maximum atomic E-state index is 5.22. The van der Waals surface area contributed by atoms with Gasteiger partial charge in [0.1, 0.15) is 0 Å². The zero-order valence-corrected chi connectivity index (χ0v) is 32.4. The summed E-state index contributed by atoms with van der Waals surface area (Å²) in [5, 5.41) is 0. The Morgan fingerprint density at radius 1 is 0.276 bits per heavy atom. The highest BCUT2D eigenvalue weighted by Gasteiger charge is 2.53. The van der Waals surface area contributed by atoms with Crippen molar-refractivity contribution in [1.82, 2.24) is 15.0 Å². The molecule has 0 fully saturated rings. The molecule has 0 saturated carbocycles. The standard InChI is InChI=1S/C55H39N3/c1-54(2)47-21-11-13-23-49(47)55(50-24-14-12-22-48(50)54)45-20-10-9-19-43(45)44-35-42(33-34-46(44)55)53-57-51(40-29-25-38(26-30-40)36-15-5-3-6-16-36)56-52(58-53)41-31-27-39(28-32-41)37-17-7-4-8-18-37/h3-35H,1-2H3. The lowest BCUT2D eigenvalue weighted by Crippen LogP contribution is -2.40. The van der Waals surface area contributed by atoms with Crippen molar-refractivity contribution >= 4 is 0 Å². The van der Waals surface area contributed by atoms with E-state index >= 15 is 0 Å². The highest BCUT2D eigenvalue weighted by atomic mass is 15.0. The average molecular weight is 742 g/mol. The minimum absolute atomic E-state index is 0.146. The third-order valence-corrected chi connectivity index (χ3v) is 12.4. The van der Waals surface area contributed by atoms with E-state index in [2.05, 4.69) is 202 Å². The van der Waals surface area contributed by atoms with Crippen molar-refractivity contribution < 1.29 is 0 Å². The van der Waals surface area contributed by atoms with E-state index in [1.807, 2.05) is 12.1 Å². The molecule has 3 nitrogen and oxygen atoms in total. The monoisotopic (exact) mass is 741 g/mol. The summed E-state index contributed by atoms with van der Waals surface area (Å²) >= 11 is 0. The van der Waals surface area contributed by atoms with Crippen LogP contribution in [0.4, 0.5) is 0 Å². The summed E-state index contributed by atoms with van der Waals surface area (Å²) in [7, 11) is 0. The first-order valence-corrected chi connectivity index (χ1v) is 20.0. The number of rotatable bonds is 5. The van der Waals surface area contributed by atoms with Gasteiger partial charge < -0.3 is 0 Å². The fourth-order valence-corrected chi connectivity index (χ4v) is 9.65. The zero-order valence-electron chi connectivity index (χ0n) is 32.4. The van der Waals surface area contributed by atoms with Gasteiger partial charge in [-0.3, -0.25) is 0 Å². The molecule has 8 aromatic carbocycles. The molecule has 0 radical (unpaired) electrons. The van der Waals surface area contributed by atoms with Gasteiger partial charge >= 0.3 is 0 Å². The molecule has 2 aliphatic rings. The van der Waals surface area contributed by atoms with E-state index in [1.54, 1.807) is 0 Å². The second-order valence-corrected chi connectivity index (χ2v) is 16.0. The summed E-state index contributed by atoms with van der Waals surface area (Å²) in [5.74, 6) is 1.93. The van der Waals surface area contributed by atoms with E-state index in [-0.39, 0.29) is 5.41 Å². The Bertz CT molecular complexity index is 2850. The lowest BCUT2D eigenvalue weighted by molar-refractivity contribution is 0.563. The minimum atomic E-state index is -0.455. The first-order chi connectivity index (χ1) is 28.5. The van der Waals surface area contributed by atoms with Crippen LogP contribution in [0.1, 0.15) is 47.2 Å². The van der Waals surface area contributed by atoms with Gasteiger partial charge in [0.05, 0.1) is 5.41 Å². The number of hydrogen-bond donors (Lipinski definition) is 0. The smallest absolute Gasteiger partial charge is 0.164 e. The van der Waals surface area contributed by atoms with E-state index in [0.717, 1.165) is 27.8 Å². The van der Waals surface area contributed by atoms with Crippen molar-refractivity contribution in [2.24, 2.45) is 0 Å². The van der Waals surface area contributed by atoms with Crippen molar-refractivity contribution in [2.75, 3.05) is 0 Å². The van der Waals surface area contributed by atoms with Crippen LogP contribution in [0.25, 0.3) is 67.5 Å². The maximum absolute atomic E-state index is 5.22. The highest BCUT2D eigenvalue weighted by Crippen LogP contribution is 2.62. The second-order valence-electron chi connectivity index (χ2n) is 16.0. The number of hydrogen-bond acceptors (Lipinski definition) is 3. The summed E-state index contributed by atoms with van der Waals surface area (Å²) in [4.78, 5) is 15.6. The Kier molecular flexibility index (Phi) is 7.74. The predicted octanol–water partition coefficient (Wildman–Crippen LogP) is 13.2. The van der Waals surface area contributed by atoms with Crippen LogP contribution in [-0.4, -0.2) is 15.0 Å². The largest absolute Gasteiger partial charge is 0.208 e. The van der Waals surface area contributed by atoms with Gasteiger partial charge in [-0.1, -0.05) is 208 Å². The van der Waals surface area contributed by atoms with Gasteiger partial charge in [0.2, 0.25) is 0 Å². The molecule has 0 aliphatic heterocycles. The van der Waals surface area contributed by atoms with Crippen LogP contribution < -0.4 is 0 Å². The molecular formula is C55H39N3. The molecule has 58 heavy (non-hydrogen) atoms. The van der Waals surface area contributed by atoms with E-state index in [0.29, 0.717) is 17.5 Å². The van der Waals surface area contributed by atoms with Gasteiger partial charge in [-0.2, -0.15) is 0 Å². The highest BCUT2D eigenvalue weighted by molar-refractivity contribution is 5.90. The van der Waals surface area contributed by atoms with Crippen molar-refractivity contribution in [3.8, 4) is 67.5 Å². The van der Waals surface area contributed by atoms with Gasteiger partial charge in [-0.05, 0) is 72.8 Å². The molecule has 1 heterocycles. The van der Waals surface area contributed by atoms with Gasteiger partial charge in [-0.25, -0.2) is 15.0 Å². The first kappa shape index (κ1) is 34.1. The fraction of sp³-hybridized carbons (Fsp3) is 0.0727. The molecule has 3 heteroatoms. The molecule has 9 aromatic rings. The molecular weight excluding hydrogens is 703 g/mol. The normalized spacial score (nSPS) is 14.0. The average Bonchev–Trinajstić information content (AvgIpc) is 3.59. The Morgan fingerprint density at radius 2 is 0.621 bits per heavy atom. The molecule has 1 spiro atoms. The molecule has 0 amide bonds. The van der Waals surface area contributed by atoms with Crippen LogP contribution in [0.2, 0.25) is 0 Å². The number of nitrogens with zero attached hydrogens (tertiary/aromatic N) is 3. The van der Waals surface area contributed by atoms with Gasteiger partial charge in [0.25, 0.3) is 0 Å². The number of fused-ring (bicyclic) bond motifs is 9. The van der Waals surface area contributed by atoms with Crippen LogP contribution in [0, 0.1) is 0 Å². The van der Waals surface area contributed by atoms with Gasteiger partial charge in [0, 0.05) is 22.1 Å². The Labute approximate surface area is 339 Å². The predicted molar refractivity (Wildman–Crippen MR) is 236 cm³/mol. The van der Waals surface area contributed by atoms with Crippen LogP contribution in [0.15, 0.2) is 200 Å². The van der Waals surface area contributed by atoms with E-state index in [1.165, 1.54) is 55.6 Å². The second kappa shape index (κ2) is 13.2. The third-order valence-electron chi connectivity index (χ3n) is 12.4. The summed E-state index contributed by atoms with van der Waals surface area (Å²) in [6.45, 7) is 4.73. The van der Waals surface area contributed by atoms with Crippen molar-refractivity contribution in [1.29, 1.82) is 0 Å². The quantitative estimate of drug-likeness (QED) is 0.176. The van der Waals surface area contributed by atoms with Crippen molar-refractivity contribution in [3.05, 3.63) is 234 Å². The fourth-order valence-electron chi connectivity index (χ4n) is 9.65. The van der Waals surface area contributed by atoms with E-state index < -0.39 is 5.41 Å². The third kappa shape index (κ3) is 5.17. The lowest BCUT2D eigenvalue weighted by atomic mass is 9.55. The molecule has 1 aromatic heterocycles. The molecule has 0 N–H and O–H groups in total. The maximum Gasteiger partial charge on any atom is 0.164 e. The molecule has 11 rings (SSSR count). The Balaban J connectivity index is 1.09. The van der Waals surface area contributed by atoms with Crippen molar-refractivity contribution in [2.45, 2.75) is 24.7 Å². The van der Waals surface area contributed by atoms with Crippen LogP contribution in [-0.2, 0) is 10.8 Å². The Morgan fingerprint density at radius 3 is 1.12 bits per heavy atom. The molecule has 0 bridgehead atoms. The zero-order chi connectivity index (χ0) is 38.8. The molecule has 0 unspecified atom stereocenters. The van der Waals surface area contributed by atoms with E-state index in [4.69, 9.17) is 15.0 Å². The summed E-state index contributed by atoms with van der Waals surface area (Å²) in [5.41, 5.74) is 17.3. The summed E-state index contributed by atoms with van der Waals surface area (Å²) < 4.78 is 0. The first-order valence-electron chi connectivity index (χ1n) is 20.0. The molecule has 2 aliphatic carbocycles. The van der Waals surface area contributed by atoms with Crippen LogP contribution in [0.5, 0.6) is 0 Å². The molecule has 274 valence electrons. The van der Waals surface area contributed by atoms with Crippen LogP contribution >= 0.6 is 0 Å². The molecule has 0 atom stereocenters. The van der Waals surface area contributed by atoms with Gasteiger partial charge in [-0.15, -0.1) is 0 Å². The number of aromatic nitrogens is 3. The van der Waals surface area contributed by atoms with Crippen LogP contribution in [0.3, 0.4) is 0 Å². The van der Waals surface area contributed by atoms with Gasteiger partial charge in [0.15, 0.2) is 17.5 Å². The SMILES string of the molecule is CC1(C)c2ccccc2C2(c3ccccc3-c3cc(-c4nc(-c5ccc(-c6ccccc6)cc5)nc(-c5ccc(-c6ccccc6)cc5)n4)ccc32)c2ccccc21. The summed E-state index contributed by atoms with van der Waals surface area (Å²) in [6.07, 6.45) is 0. The van der Waals surface area contributed by atoms with Crippen molar-refractivity contribution in [3.63, 3.8) is 0 Å². The number of benzene rings is 8.